The van der Waals surface area contributed by atoms with Crippen molar-refractivity contribution in [2.75, 3.05) is 0 Å². The number of hydrogen-bond donors (Lipinski definition) is 1. The number of nitrogens with two attached hydrogens (primary N) is 1. The summed E-state index contributed by atoms with van der Waals surface area (Å²) in [5.41, 5.74) is 5.32. The molecule has 12 heavy (non-hydrogen) atoms. The average molecular weight is 190 g/mol. The number of hydrogen-bond acceptors (Lipinski definition) is 1. The van der Waals surface area contributed by atoms with Gasteiger partial charge in [0, 0.05) is 5.41 Å². The van der Waals surface area contributed by atoms with Crippen molar-refractivity contribution in [3.8, 4) is 0 Å². The fraction of sp³-hybridized carbons (Fsp3) is 0.889. The van der Waals surface area contributed by atoms with E-state index < -0.39 is 0 Å². The summed E-state index contributed by atoms with van der Waals surface area (Å²) in [5.74, 6) is 0.867. The van der Waals surface area contributed by atoms with Gasteiger partial charge in [-0.3, -0.25) is 4.79 Å². The van der Waals surface area contributed by atoms with E-state index in [1.807, 2.05) is 0 Å². The van der Waals surface area contributed by atoms with Crippen LogP contribution in [0.15, 0.2) is 0 Å². The smallest absolute Gasteiger partial charge is 0.223 e. The molecule has 3 saturated carbocycles. The first-order valence-corrected chi connectivity index (χ1v) is 4.53. The molecule has 0 spiro atoms. The van der Waals surface area contributed by atoms with Crippen molar-refractivity contribution in [2.24, 2.45) is 17.1 Å². The first-order valence-electron chi connectivity index (χ1n) is 4.53. The van der Waals surface area contributed by atoms with E-state index in [2.05, 4.69) is 0 Å². The average Bonchev–Trinajstić information content (AvgIpc) is 2.08. The number of carbonyl (C=O) groups excluding carboxylic acids is 1. The third-order valence-corrected chi connectivity index (χ3v) is 3.62. The lowest BCUT2D eigenvalue weighted by atomic mass is 9.60. The molecule has 2 nitrogen and oxygen atoms in total. The topological polar surface area (TPSA) is 43.1 Å². The Bertz CT molecular complexity index is 171. The van der Waals surface area contributed by atoms with E-state index in [4.69, 9.17) is 5.73 Å². The highest BCUT2D eigenvalue weighted by atomic mass is 35.5. The van der Waals surface area contributed by atoms with Crippen molar-refractivity contribution in [3.63, 3.8) is 0 Å². The molecule has 70 valence electrons. The maximum atomic E-state index is 11.2. The van der Waals surface area contributed by atoms with E-state index in [0.717, 1.165) is 25.2 Å². The predicted molar refractivity (Wildman–Crippen MR) is 50.1 cm³/mol. The van der Waals surface area contributed by atoms with Crippen LogP contribution in [0.2, 0.25) is 0 Å². The zero-order chi connectivity index (χ0) is 7.90. The first kappa shape index (κ1) is 9.85. The van der Waals surface area contributed by atoms with Crippen LogP contribution in [0.1, 0.15) is 38.5 Å². The zero-order valence-corrected chi connectivity index (χ0v) is 8.03. The fourth-order valence-corrected chi connectivity index (χ4v) is 2.62. The first-order chi connectivity index (χ1) is 5.23. The molecule has 0 aromatic rings. The second kappa shape index (κ2) is 3.25. The SMILES string of the molecule is Cl.NC(=O)C12CCC(CC1)CC2. The van der Waals surface area contributed by atoms with Crippen molar-refractivity contribution >= 4 is 18.3 Å². The quantitative estimate of drug-likeness (QED) is 0.673. The molecule has 0 unspecified atom stereocenters. The van der Waals surface area contributed by atoms with Crippen LogP contribution in [-0.2, 0) is 4.79 Å². The Morgan fingerprint density at radius 2 is 1.58 bits per heavy atom. The molecule has 3 aliphatic rings. The van der Waals surface area contributed by atoms with Gasteiger partial charge in [0.25, 0.3) is 0 Å². The van der Waals surface area contributed by atoms with Crippen molar-refractivity contribution in [3.05, 3.63) is 0 Å². The molecule has 1 amide bonds. The number of carbonyl (C=O) groups is 1. The van der Waals surface area contributed by atoms with Gasteiger partial charge in [0.2, 0.25) is 5.91 Å². The second-order valence-corrected chi connectivity index (χ2v) is 4.13. The molecule has 3 rings (SSSR count). The van der Waals surface area contributed by atoms with Crippen LogP contribution in [0.25, 0.3) is 0 Å². The minimum Gasteiger partial charge on any atom is -0.369 e. The Hall–Kier alpha value is -0.240. The number of primary amides is 1. The number of fused-ring (bicyclic) bond motifs is 3. The zero-order valence-electron chi connectivity index (χ0n) is 7.21. The van der Waals surface area contributed by atoms with Gasteiger partial charge in [-0.15, -0.1) is 12.4 Å². The molecule has 0 aliphatic heterocycles. The van der Waals surface area contributed by atoms with Gasteiger partial charge in [-0.25, -0.2) is 0 Å². The van der Waals surface area contributed by atoms with E-state index in [-0.39, 0.29) is 23.7 Å². The Morgan fingerprint density at radius 1 is 1.17 bits per heavy atom. The molecule has 0 saturated heterocycles. The summed E-state index contributed by atoms with van der Waals surface area (Å²) < 4.78 is 0. The predicted octanol–water partition coefficient (Wildman–Crippen LogP) is 1.86. The van der Waals surface area contributed by atoms with Gasteiger partial charge in [-0.05, 0) is 44.4 Å². The summed E-state index contributed by atoms with van der Waals surface area (Å²) in [6.07, 6.45) is 6.90. The highest BCUT2D eigenvalue weighted by Gasteiger charge is 2.44. The molecule has 3 aliphatic carbocycles. The lowest BCUT2D eigenvalue weighted by Crippen LogP contribution is -2.44. The summed E-state index contributed by atoms with van der Waals surface area (Å²) in [7, 11) is 0. The van der Waals surface area contributed by atoms with Gasteiger partial charge in [0.15, 0.2) is 0 Å². The van der Waals surface area contributed by atoms with Gasteiger partial charge in [-0.2, -0.15) is 0 Å². The molecular formula is C9H16ClNO. The van der Waals surface area contributed by atoms with E-state index in [1.165, 1.54) is 19.3 Å². The highest BCUT2D eigenvalue weighted by Crippen LogP contribution is 2.49. The minimum atomic E-state index is -0.0747. The van der Waals surface area contributed by atoms with Crippen molar-refractivity contribution < 1.29 is 4.79 Å². The molecule has 0 radical (unpaired) electrons. The standard InChI is InChI=1S/C9H15NO.ClH/c10-8(11)9-4-1-7(2-5-9)3-6-9;/h7H,1-6H2,(H2,10,11);1H. The maximum absolute atomic E-state index is 11.2. The molecular weight excluding hydrogens is 174 g/mol. The lowest BCUT2D eigenvalue weighted by molar-refractivity contribution is -0.133. The fourth-order valence-electron chi connectivity index (χ4n) is 2.62. The van der Waals surface area contributed by atoms with E-state index in [1.54, 1.807) is 0 Å². The van der Waals surface area contributed by atoms with Crippen LogP contribution >= 0.6 is 12.4 Å². The van der Waals surface area contributed by atoms with Crippen LogP contribution in [-0.4, -0.2) is 5.91 Å². The van der Waals surface area contributed by atoms with Gasteiger partial charge < -0.3 is 5.73 Å². The van der Waals surface area contributed by atoms with Gasteiger partial charge in [0.05, 0.1) is 0 Å². The summed E-state index contributed by atoms with van der Waals surface area (Å²) >= 11 is 0. The van der Waals surface area contributed by atoms with Gasteiger partial charge in [-0.1, -0.05) is 0 Å². The Kier molecular flexibility index (Phi) is 2.67. The molecule has 0 heterocycles. The lowest BCUT2D eigenvalue weighted by Gasteiger charge is -2.44. The summed E-state index contributed by atoms with van der Waals surface area (Å²) in [4.78, 5) is 11.2. The van der Waals surface area contributed by atoms with Crippen LogP contribution < -0.4 is 5.73 Å². The highest BCUT2D eigenvalue weighted by molar-refractivity contribution is 5.85. The number of rotatable bonds is 1. The normalized spacial score (nSPS) is 38.8. The maximum Gasteiger partial charge on any atom is 0.223 e. The van der Waals surface area contributed by atoms with Crippen molar-refractivity contribution in [2.45, 2.75) is 38.5 Å². The minimum absolute atomic E-state index is 0. The van der Waals surface area contributed by atoms with Gasteiger partial charge in [0.1, 0.15) is 0 Å². The summed E-state index contributed by atoms with van der Waals surface area (Å²) in [6.45, 7) is 0. The Balaban J connectivity index is 0.000000720. The van der Waals surface area contributed by atoms with E-state index in [0.29, 0.717) is 0 Å². The molecule has 3 heteroatoms. The monoisotopic (exact) mass is 189 g/mol. The van der Waals surface area contributed by atoms with Crippen LogP contribution in [0.3, 0.4) is 0 Å². The number of amides is 1. The van der Waals surface area contributed by atoms with Crippen LogP contribution in [0, 0.1) is 11.3 Å². The van der Waals surface area contributed by atoms with Gasteiger partial charge >= 0.3 is 0 Å². The Labute approximate surface area is 79.3 Å². The van der Waals surface area contributed by atoms with E-state index >= 15 is 0 Å². The van der Waals surface area contributed by atoms with Crippen molar-refractivity contribution in [1.29, 1.82) is 0 Å². The molecule has 2 bridgehead atoms. The second-order valence-electron chi connectivity index (χ2n) is 4.13. The molecule has 0 aromatic carbocycles. The van der Waals surface area contributed by atoms with Crippen LogP contribution in [0.5, 0.6) is 0 Å². The molecule has 0 aromatic heterocycles. The third-order valence-electron chi connectivity index (χ3n) is 3.62. The summed E-state index contributed by atoms with van der Waals surface area (Å²) in [6, 6.07) is 0. The van der Waals surface area contributed by atoms with E-state index in [9.17, 15) is 4.79 Å². The molecule has 2 N–H and O–H groups in total. The molecule has 0 atom stereocenters. The Morgan fingerprint density at radius 3 is 1.83 bits per heavy atom. The largest absolute Gasteiger partial charge is 0.369 e. The third kappa shape index (κ3) is 1.33. The van der Waals surface area contributed by atoms with Crippen molar-refractivity contribution in [1.82, 2.24) is 0 Å². The molecule has 3 fully saturated rings. The van der Waals surface area contributed by atoms with Crippen LogP contribution in [0.4, 0.5) is 0 Å². The summed E-state index contributed by atoms with van der Waals surface area (Å²) in [5, 5.41) is 0. The number of halogens is 1.